The van der Waals surface area contributed by atoms with Crippen LogP contribution in [0.5, 0.6) is 0 Å². The molecule has 1 unspecified atom stereocenters. The number of carbonyl (C=O) groups excluding carboxylic acids is 1. The van der Waals surface area contributed by atoms with Crippen molar-refractivity contribution in [3.05, 3.63) is 0 Å². The van der Waals surface area contributed by atoms with E-state index in [-0.39, 0.29) is 18.1 Å². The van der Waals surface area contributed by atoms with Crippen molar-refractivity contribution in [3.63, 3.8) is 0 Å². The lowest BCUT2D eigenvalue weighted by Crippen LogP contribution is -2.42. The van der Waals surface area contributed by atoms with E-state index in [0.29, 0.717) is 19.6 Å². The monoisotopic (exact) mass is 243 g/mol. The van der Waals surface area contributed by atoms with Crippen molar-refractivity contribution in [1.29, 1.82) is 0 Å². The number of ether oxygens (including phenoxy) is 2. The lowest BCUT2D eigenvalue weighted by atomic mass is 10.2. The third-order valence-electron chi connectivity index (χ3n) is 2.71. The molecule has 1 aliphatic carbocycles. The van der Waals surface area contributed by atoms with E-state index in [2.05, 4.69) is 5.32 Å². The van der Waals surface area contributed by atoms with Gasteiger partial charge in [-0.1, -0.05) is 13.8 Å². The van der Waals surface area contributed by atoms with Gasteiger partial charge in [0, 0.05) is 19.3 Å². The number of hydrogen-bond donors (Lipinski definition) is 1. The minimum Gasteiger partial charge on any atom is -0.465 e. The van der Waals surface area contributed by atoms with E-state index in [9.17, 15) is 4.79 Å². The number of esters is 1. The van der Waals surface area contributed by atoms with Crippen LogP contribution in [0.1, 0.15) is 40.0 Å². The second kappa shape index (κ2) is 7.67. The molecular formula is C13H25NO3. The largest absolute Gasteiger partial charge is 0.465 e. The number of rotatable bonds is 9. The summed E-state index contributed by atoms with van der Waals surface area (Å²) in [6.07, 6.45) is 3.28. The van der Waals surface area contributed by atoms with Crippen molar-refractivity contribution in [2.45, 2.75) is 52.1 Å². The normalized spacial score (nSPS) is 17.2. The summed E-state index contributed by atoms with van der Waals surface area (Å²) in [6, 6.07) is 0.0296. The zero-order valence-electron chi connectivity index (χ0n) is 11.2. The molecule has 0 spiro atoms. The summed E-state index contributed by atoms with van der Waals surface area (Å²) < 4.78 is 10.6. The van der Waals surface area contributed by atoms with Crippen LogP contribution in [0.3, 0.4) is 0 Å². The first-order valence-corrected chi connectivity index (χ1v) is 6.64. The van der Waals surface area contributed by atoms with Gasteiger partial charge in [0.1, 0.15) is 6.04 Å². The van der Waals surface area contributed by atoms with Gasteiger partial charge >= 0.3 is 5.97 Å². The van der Waals surface area contributed by atoms with Crippen molar-refractivity contribution in [2.75, 3.05) is 19.8 Å². The smallest absolute Gasteiger partial charge is 0.323 e. The van der Waals surface area contributed by atoms with Crippen molar-refractivity contribution in [1.82, 2.24) is 5.32 Å². The Labute approximate surface area is 104 Å². The molecule has 1 aliphatic rings. The summed E-state index contributed by atoms with van der Waals surface area (Å²) >= 11 is 0. The first-order valence-electron chi connectivity index (χ1n) is 6.64. The molecule has 1 N–H and O–H groups in total. The van der Waals surface area contributed by atoms with Gasteiger partial charge in [-0.05, 0) is 32.1 Å². The van der Waals surface area contributed by atoms with Gasteiger partial charge in [-0.15, -0.1) is 0 Å². The highest BCUT2D eigenvalue weighted by atomic mass is 16.5. The summed E-state index contributed by atoms with van der Waals surface area (Å²) in [5, 5.41) is 3.21. The third kappa shape index (κ3) is 6.64. The summed E-state index contributed by atoms with van der Waals surface area (Å²) in [7, 11) is 0. The maximum absolute atomic E-state index is 11.7. The fraction of sp³-hybridized carbons (Fsp3) is 0.923. The fourth-order valence-electron chi connectivity index (χ4n) is 1.65. The molecule has 0 amide bonds. The average Bonchev–Trinajstić information content (AvgIpc) is 3.06. The fourth-order valence-corrected chi connectivity index (χ4v) is 1.65. The zero-order chi connectivity index (χ0) is 12.7. The van der Waals surface area contributed by atoms with Crippen LogP contribution in [0.25, 0.3) is 0 Å². The van der Waals surface area contributed by atoms with Gasteiger partial charge in [0.05, 0.1) is 6.61 Å². The first kappa shape index (κ1) is 14.5. The molecule has 4 nitrogen and oxygen atoms in total. The molecule has 0 aromatic rings. The number of nitrogens with one attached hydrogen (secondary N) is 1. The maximum Gasteiger partial charge on any atom is 0.323 e. The van der Waals surface area contributed by atoms with Crippen LogP contribution in [0.15, 0.2) is 0 Å². The van der Waals surface area contributed by atoms with E-state index in [4.69, 9.17) is 9.47 Å². The van der Waals surface area contributed by atoms with Crippen LogP contribution in [-0.4, -0.2) is 37.9 Å². The Morgan fingerprint density at radius 3 is 2.65 bits per heavy atom. The lowest BCUT2D eigenvalue weighted by Gasteiger charge is -2.19. The van der Waals surface area contributed by atoms with Gasteiger partial charge in [-0.3, -0.25) is 4.79 Å². The Bertz CT molecular complexity index is 227. The predicted octanol–water partition coefficient (Wildman–Crippen LogP) is 1.73. The molecule has 0 aliphatic heterocycles. The van der Waals surface area contributed by atoms with Crippen LogP contribution < -0.4 is 5.32 Å². The first-order chi connectivity index (χ1) is 8.13. The molecule has 1 atom stereocenters. The van der Waals surface area contributed by atoms with Crippen molar-refractivity contribution >= 4 is 5.97 Å². The Kier molecular flexibility index (Phi) is 6.52. The van der Waals surface area contributed by atoms with Gasteiger partial charge in [0.25, 0.3) is 0 Å². The second-order valence-electron chi connectivity index (χ2n) is 4.93. The van der Waals surface area contributed by atoms with Crippen molar-refractivity contribution in [3.8, 4) is 0 Å². The Balaban J connectivity index is 2.20. The second-order valence-corrected chi connectivity index (χ2v) is 4.93. The molecule has 1 fully saturated rings. The summed E-state index contributed by atoms with van der Waals surface area (Å²) in [5.74, 6) is 0.602. The molecule has 4 heteroatoms. The molecule has 0 bridgehead atoms. The van der Waals surface area contributed by atoms with Gasteiger partial charge in [0.15, 0.2) is 0 Å². The molecule has 1 rings (SSSR count). The van der Waals surface area contributed by atoms with E-state index in [1.165, 1.54) is 12.8 Å². The quantitative estimate of drug-likeness (QED) is 0.495. The molecule has 0 aromatic carbocycles. The zero-order valence-corrected chi connectivity index (χ0v) is 11.2. The lowest BCUT2D eigenvalue weighted by molar-refractivity contribution is -0.146. The Morgan fingerprint density at radius 2 is 2.12 bits per heavy atom. The third-order valence-corrected chi connectivity index (χ3v) is 2.71. The van der Waals surface area contributed by atoms with Gasteiger partial charge in [-0.25, -0.2) is 0 Å². The highest BCUT2D eigenvalue weighted by molar-refractivity contribution is 5.75. The molecular weight excluding hydrogens is 218 g/mol. The maximum atomic E-state index is 11.7. The van der Waals surface area contributed by atoms with E-state index >= 15 is 0 Å². The van der Waals surface area contributed by atoms with Crippen molar-refractivity contribution in [2.24, 2.45) is 5.92 Å². The molecule has 1 saturated carbocycles. The molecule has 0 aromatic heterocycles. The molecule has 0 saturated heterocycles. The number of carbonyl (C=O) groups is 1. The Hall–Kier alpha value is -0.610. The minimum atomic E-state index is -0.242. The Morgan fingerprint density at radius 1 is 1.41 bits per heavy atom. The van der Waals surface area contributed by atoms with Crippen LogP contribution in [-0.2, 0) is 14.3 Å². The molecule has 100 valence electrons. The van der Waals surface area contributed by atoms with Gasteiger partial charge in [0.2, 0.25) is 0 Å². The number of hydrogen-bond acceptors (Lipinski definition) is 4. The van der Waals surface area contributed by atoms with Gasteiger partial charge < -0.3 is 14.8 Å². The van der Waals surface area contributed by atoms with E-state index < -0.39 is 0 Å². The van der Waals surface area contributed by atoms with Crippen molar-refractivity contribution < 1.29 is 14.3 Å². The standard InChI is InChI=1S/C13H25NO3/c1-4-17-13(15)12(14-10(2)3)7-8-16-9-11-5-6-11/h10-12,14H,4-9H2,1-3H3. The summed E-state index contributed by atoms with van der Waals surface area (Å²) in [5.41, 5.74) is 0. The summed E-state index contributed by atoms with van der Waals surface area (Å²) in [6.45, 7) is 7.78. The molecule has 0 heterocycles. The van der Waals surface area contributed by atoms with Crippen LogP contribution in [0.2, 0.25) is 0 Å². The SMILES string of the molecule is CCOC(=O)C(CCOCC1CC1)NC(C)C. The molecule has 17 heavy (non-hydrogen) atoms. The average molecular weight is 243 g/mol. The summed E-state index contributed by atoms with van der Waals surface area (Å²) in [4.78, 5) is 11.7. The highest BCUT2D eigenvalue weighted by Gasteiger charge is 2.23. The minimum absolute atomic E-state index is 0.170. The van der Waals surface area contributed by atoms with E-state index in [0.717, 1.165) is 12.5 Å². The van der Waals surface area contributed by atoms with E-state index in [1.807, 2.05) is 20.8 Å². The van der Waals surface area contributed by atoms with E-state index in [1.54, 1.807) is 0 Å². The highest BCUT2D eigenvalue weighted by Crippen LogP contribution is 2.28. The van der Waals surface area contributed by atoms with Crippen LogP contribution >= 0.6 is 0 Å². The van der Waals surface area contributed by atoms with Gasteiger partial charge in [-0.2, -0.15) is 0 Å². The van der Waals surface area contributed by atoms with Crippen LogP contribution in [0.4, 0.5) is 0 Å². The molecule has 0 radical (unpaired) electrons. The predicted molar refractivity (Wildman–Crippen MR) is 66.9 cm³/mol. The van der Waals surface area contributed by atoms with Crippen LogP contribution in [0, 0.1) is 5.92 Å². The topological polar surface area (TPSA) is 47.6 Å².